The average molecular weight is 338 g/mol. The number of hydrogen-bond acceptors (Lipinski definition) is 6. The zero-order valence-electron chi connectivity index (χ0n) is 13.6. The highest BCUT2D eigenvalue weighted by Gasteiger charge is 2.23. The average Bonchev–Trinajstić information content (AvgIpc) is 2.91. The summed E-state index contributed by atoms with van der Waals surface area (Å²) in [6, 6.07) is 9.67. The monoisotopic (exact) mass is 338 g/mol. The number of aromatic amines is 1. The van der Waals surface area contributed by atoms with Crippen LogP contribution in [0.5, 0.6) is 0 Å². The van der Waals surface area contributed by atoms with Gasteiger partial charge in [-0.1, -0.05) is 12.1 Å². The Morgan fingerprint density at radius 1 is 1.08 bits per heavy atom. The van der Waals surface area contributed by atoms with Gasteiger partial charge in [-0.15, -0.1) is 0 Å². The Kier molecular flexibility index (Phi) is 3.93. The van der Waals surface area contributed by atoms with Crippen LogP contribution in [0.3, 0.4) is 0 Å². The van der Waals surface area contributed by atoms with E-state index in [9.17, 15) is 10.1 Å². The van der Waals surface area contributed by atoms with Crippen LogP contribution < -0.4 is 9.80 Å². The van der Waals surface area contributed by atoms with E-state index in [0.29, 0.717) is 12.2 Å². The van der Waals surface area contributed by atoms with Crippen molar-refractivity contribution in [2.75, 3.05) is 36.0 Å². The van der Waals surface area contributed by atoms with Crippen molar-refractivity contribution in [2.45, 2.75) is 6.42 Å². The van der Waals surface area contributed by atoms with Gasteiger partial charge < -0.3 is 14.8 Å². The molecule has 128 valence electrons. The number of benzene rings is 1. The van der Waals surface area contributed by atoms with Crippen molar-refractivity contribution in [1.29, 1.82) is 0 Å². The zero-order chi connectivity index (χ0) is 17.2. The lowest BCUT2D eigenvalue weighted by molar-refractivity contribution is -0.384. The van der Waals surface area contributed by atoms with Crippen molar-refractivity contribution in [3.63, 3.8) is 0 Å². The summed E-state index contributed by atoms with van der Waals surface area (Å²) in [7, 11) is 0. The highest BCUT2D eigenvalue weighted by molar-refractivity contribution is 5.77. The molecule has 0 atom stereocenters. The Hall–Kier alpha value is -3.16. The van der Waals surface area contributed by atoms with E-state index in [1.807, 2.05) is 24.3 Å². The first-order valence-corrected chi connectivity index (χ1v) is 8.25. The first kappa shape index (κ1) is 15.4. The van der Waals surface area contributed by atoms with E-state index >= 15 is 0 Å². The molecule has 4 rings (SSSR count). The fourth-order valence-corrected chi connectivity index (χ4v) is 3.25. The van der Waals surface area contributed by atoms with Gasteiger partial charge in [0.05, 0.1) is 16.0 Å². The quantitative estimate of drug-likeness (QED) is 0.583. The number of fused-ring (bicyclic) bond motifs is 1. The lowest BCUT2D eigenvalue weighted by Crippen LogP contribution is -2.31. The van der Waals surface area contributed by atoms with Crippen LogP contribution in [0.15, 0.2) is 42.7 Å². The van der Waals surface area contributed by atoms with Gasteiger partial charge in [0.1, 0.15) is 11.9 Å². The number of nitro groups is 1. The first-order valence-electron chi connectivity index (χ1n) is 8.25. The Labute approximate surface area is 144 Å². The number of imidazole rings is 1. The van der Waals surface area contributed by atoms with Crippen molar-refractivity contribution in [2.24, 2.45) is 0 Å². The first-order chi connectivity index (χ1) is 12.2. The summed E-state index contributed by atoms with van der Waals surface area (Å²) in [5.74, 6) is 0.854. The number of hydrogen-bond donors (Lipinski definition) is 1. The van der Waals surface area contributed by atoms with Gasteiger partial charge in [0.15, 0.2) is 0 Å². The SMILES string of the molecule is O=[N+]([O-])c1cnccc1N1CCCN(c2nc3ccccc3[nH]2)CC1. The minimum Gasteiger partial charge on any atom is -0.364 e. The second-order valence-corrected chi connectivity index (χ2v) is 6.03. The fraction of sp³-hybridized carbons (Fsp3) is 0.294. The Morgan fingerprint density at radius 3 is 2.72 bits per heavy atom. The van der Waals surface area contributed by atoms with Crippen LogP contribution >= 0.6 is 0 Å². The number of nitrogens with zero attached hydrogens (tertiary/aromatic N) is 5. The van der Waals surface area contributed by atoms with Gasteiger partial charge >= 0.3 is 5.69 Å². The third kappa shape index (κ3) is 2.98. The van der Waals surface area contributed by atoms with Crippen LogP contribution in [0.1, 0.15) is 6.42 Å². The number of nitrogens with one attached hydrogen (secondary N) is 1. The summed E-state index contributed by atoms with van der Waals surface area (Å²) in [6.45, 7) is 3.07. The van der Waals surface area contributed by atoms with Crippen LogP contribution in [0, 0.1) is 10.1 Å². The Morgan fingerprint density at radius 2 is 1.88 bits per heavy atom. The maximum Gasteiger partial charge on any atom is 0.310 e. The second kappa shape index (κ2) is 6.39. The van der Waals surface area contributed by atoms with Crippen molar-refractivity contribution >= 4 is 28.4 Å². The molecule has 0 saturated carbocycles. The molecular weight excluding hydrogens is 320 g/mol. The molecule has 0 bridgehead atoms. The van der Waals surface area contributed by atoms with Crippen molar-refractivity contribution in [3.05, 3.63) is 52.8 Å². The van der Waals surface area contributed by atoms with Gasteiger partial charge in [-0.3, -0.25) is 15.1 Å². The summed E-state index contributed by atoms with van der Waals surface area (Å²) in [5.41, 5.74) is 2.65. The van der Waals surface area contributed by atoms with E-state index < -0.39 is 0 Å². The summed E-state index contributed by atoms with van der Waals surface area (Å²) in [6.07, 6.45) is 3.82. The van der Waals surface area contributed by atoms with E-state index in [1.54, 1.807) is 12.3 Å². The molecule has 1 saturated heterocycles. The molecule has 1 aliphatic rings. The van der Waals surface area contributed by atoms with E-state index in [-0.39, 0.29) is 10.6 Å². The van der Waals surface area contributed by atoms with Crippen LogP contribution in [0.2, 0.25) is 0 Å². The predicted octanol–water partition coefficient (Wildman–Crippen LogP) is 2.58. The van der Waals surface area contributed by atoms with E-state index in [4.69, 9.17) is 0 Å². The van der Waals surface area contributed by atoms with Crippen molar-refractivity contribution in [3.8, 4) is 0 Å². The Bertz CT molecular complexity index is 876. The van der Waals surface area contributed by atoms with Crippen LogP contribution in [-0.2, 0) is 0 Å². The molecule has 3 aromatic rings. The third-order valence-corrected chi connectivity index (χ3v) is 4.49. The molecule has 1 aromatic carbocycles. The van der Waals surface area contributed by atoms with Crippen LogP contribution in [0.25, 0.3) is 11.0 Å². The normalized spacial score (nSPS) is 15.4. The lowest BCUT2D eigenvalue weighted by atomic mass is 10.3. The van der Waals surface area contributed by atoms with E-state index in [1.165, 1.54) is 6.20 Å². The molecule has 0 unspecified atom stereocenters. The molecule has 0 aliphatic carbocycles. The highest BCUT2D eigenvalue weighted by atomic mass is 16.6. The highest BCUT2D eigenvalue weighted by Crippen LogP contribution is 2.28. The van der Waals surface area contributed by atoms with E-state index in [2.05, 4.69) is 24.8 Å². The maximum absolute atomic E-state index is 11.2. The summed E-state index contributed by atoms with van der Waals surface area (Å²) in [5, 5.41) is 11.2. The lowest BCUT2D eigenvalue weighted by Gasteiger charge is -2.23. The van der Waals surface area contributed by atoms with Crippen LogP contribution in [-0.4, -0.2) is 46.1 Å². The molecule has 0 amide bonds. The number of rotatable bonds is 3. The number of para-hydroxylation sites is 2. The molecule has 8 nitrogen and oxygen atoms in total. The summed E-state index contributed by atoms with van der Waals surface area (Å²) in [4.78, 5) is 27.0. The molecule has 0 radical (unpaired) electrons. The number of anilines is 2. The van der Waals surface area contributed by atoms with Gasteiger partial charge in [-0.25, -0.2) is 4.98 Å². The topological polar surface area (TPSA) is 91.2 Å². The second-order valence-electron chi connectivity index (χ2n) is 6.03. The predicted molar refractivity (Wildman–Crippen MR) is 96.0 cm³/mol. The van der Waals surface area contributed by atoms with Gasteiger partial charge in [-0.2, -0.15) is 0 Å². The number of aromatic nitrogens is 3. The number of pyridine rings is 1. The van der Waals surface area contributed by atoms with Gasteiger partial charge in [-0.05, 0) is 24.6 Å². The largest absolute Gasteiger partial charge is 0.364 e. The Balaban J connectivity index is 1.55. The van der Waals surface area contributed by atoms with Crippen LogP contribution in [0.4, 0.5) is 17.3 Å². The molecule has 8 heteroatoms. The number of H-pyrrole nitrogens is 1. The molecule has 25 heavy (non-hydrogen) atoms. The summed E-state index contributed by atoms with van der Waals surface area (Å²) >= 11 is 0. The zero-order valence-corrected chi connectivity index (χ0v) is 13.6. The van der Waals surface area contributed by atoms with Crippen molar-refractivity contribution < 1.29 is 4.92 Å². The van der Waals surface area contributed by atoms with Crippen molar-refractivity contribution in [1.82, 2.24) is 15.0 Å². The maximum atomic E-state index is 11.2. The van der Waals surface area contributed by atoms with E-state index in [0.717, 1.165) is 43.0 Å². The van der Waals surface area contributed by atoms with Gasteiger partial charge in [0, 0.05) is 32.4 Å². The van der Waals surface area contributed by atoms with Gasteiger partial charge in [0.25, 0.3) is 0 Å². The fourth-order valence-electron chi connectivity index (χ4n) is 3.25. The molecule has 3 heterocycles. The van der Waals surface area contributed by atoms with Gasteiger partial charge in [0.2, 0.25) is 5.95 Å². The minimum absolute atomic E-state index is 0.0553. The smallest absolute Gasteiger partial charge is 0.310 e. The molecule has 1 aliphatic heterocycles. The molecule has 0 spiro atoms. The molecule has 1 fully saturated rings. The summed E-state index contributed by atoms with van der Waals surface area (Å²) < 4.78 is 0. The third-order valence-electron chi connectivity index (χ3n) is 4.49. The molecular formula is C17H18N6O2. The minimum atomic E-state index is -0.371. The standard InChI is InChI=1S/C17H18N6O2/c24-23(25)16-12-18-7-6-15(16)21-8-3-9-22(11-10-21)17-19-13-4-1-2-5-14(13)20-17/h1-2,4-7,12H,3,8-11H2,(H,19,20). The molecule has 2 aromatic heterocycles. The molecule has 1 N–H and O–H groups in total.